The molecule has 2 aliphatic rings. The summed E-state index contributed by atoms with van der Waals surface area (Å²) in [5, 5.41) is 0. The van der Waals surface area contributed by atoms with E-state index in [-0.39, 0.29) is 23.5 Å². The summed E-state index contributed by atoms with van der Waals surface area (Å²) in [6, 6.07) is -0.101. The van der Waals surface area contributed by atoms with Gasteiger partial charge < -0.3 is 15.2 Å². The summed E-state index contributed by atoms with van der Waals surface area (Å²) in [5.41, 5.74) is 5.85. The third-order valence-electron chi connectivity index (χ3n) is 3.66. The van der Waals surface area contributed by atoms with Crippen molar-refractivity contribution in [1.29, 1.82) is 0 Å². The average Bonchev–Trinajstić information content (AvgIpc) is 2.55. The number of ether oxygens (including phenoxy) is 2. The van der Waals surface area contributed by atoms with Crippen LogP contribution < -0.4 is 5.73 Å². The van der Waals surface area contributed by atoms with E-state index < -0.39 is 0 Å². The number of hydrogen-bond acceptors (Lipinski definition) is 4. The van der Waals surface area contributed by atoms with E-state index in [1.54, 1.807) is 0 Å². The molecule has 86 valence electrons. The lowest BCUT2D eigenvalue weighted by Gasteiger charge is -2.33. The molecular weight excluding hydrogens is 194 g/mol. The van der Waals surface area contributed by atoms with Crippen molar-refractivity contribution < 1.29 is 14.3 Å². The van der Waals surface area contributed by atoms with Gasteiger partial charge in [0.1, 0.15) is 0 Å². The monoisotopic (exact) mass is 213 g/mol. The molecule has 1 heterocycles. The second-order valence-electron chi connectivity index (χ2n) is 4.69. The molecule has 0 aromatic heterocycles. The first-order valence-electron chi connectivity index (χ1n) is 5.64. The van der Waals surface area contributed by atoms with Gasteiger partial charge in [-0.15, -0.1) is 0 Å². The Morgan fingerprint density at radius 2 is 2.27 bits per heavy atom. The summed E-state index contributed by atoms with van der Waals surface area (Å²) in [6.45, 7) is 0.806. The molecule has 0 bridgehead atoms. The van der Waals surface area contributed by atoms with Gasteiger partial charge in [-0.3, -0.25) is 4.79 Å². The van der Waals surface area contributed by atoms with Crippen LogP contribution >= 0.6 is 0 Å². The lowest BCUT2D eigenvalue weighted by Crippen LogP contribution is -2.34. The van der Waals surface area contributed by atoms with Gasteiger partial charge in [0.2, 0.25) is 0 Å². The van der Waals surface area contributed by atoms with Crippen molar-refractivity contribution in [3.05, 3.63) is 0 Å². The molecule has 15 heavy (non-hydrogen) atoms. The topological polar surface area (TPSA) is 61.5 Å². The summed E-state index contributed by atoms with van der Waals surface area (Å²) in [4.78, 5) is 11.5. The van der Waals surface area contributed by atoms with Crippen molar-refractivity contribution in [2.75, 3.05) is 13.7 Å². The highest BCUT2D eigenvalue weighted by molar-refractivity contribution is 5.73. The standard InChI is InChI=1S/C11H19NO3/c1-14-10(13)8-6-11(7-9(8)12)4-2-3-5-15-11/h8-9H,2-7,12H2,1H3. The lowest BCUT2D eigenvalue weighted by molar-refractivity contribution is -0.147. The molecule has 4 nitrogen and oxygen atoms in total. The van der Waals surface area contributed by atoms with Crippen LogP contribution in [0.1, 0.15) is 32.1 Å². The molecular formula is C11H19NO3. The molecule has 2 fully saturated rings. The Morgan fingerprint density at radius 1 is 1.47 bits per heavy atom. The Balaban J connectivity index is 2.04. The summed E-state index contributed by atoms with van der Waals surface area (Å²) in [7, 11) is 1.42. The summed E-state index contributed by atoms with van der Waals surface area (Å²) in [6.07, 6.45) is 4.88. The highest BCUT2D eigenvalue weighted by atomic mass is 16.5. The molecule has 0 radical (unpaired) electrons. The average molecular weight is 213 g/mol. The van der Waals surface area contributed by atoms with Gasteiger partial charge in [0.15, 0.2) is 0 Å². The van der Waals surface area contributed by atoms with Crippen molar-refractivity contribution in [1.82, 2.24) is 0 Å². The normalized spacial score (nSPS) is 40.7. The number of carbonyl (C=O) groups is 1. The van der Waals surface area contributed by atoms with Crippen LogP contribution in [0, 0.1) is 5.92 Å². The second-order valence-corrected chi connectivity index (χ2v) is 4.69. The molecule has 1 aliphatic carbocycles. The first-order valence-corrected chi connectivity index (χ1v) is 5.64. The van der Waals surface area contributed by atoms with Crippen LogP contribution in [0.4, 0.5) is 0 Å². The SMILES string of the molecule is COC(=O)C1CC2(CCCCO2)CC1N. The van der Waals surface area contributed by atoms with Crippen LogP contribution in [0.5, 0.6) is 0 Å². The zero-order chi connectivity index (χ0) is 10.9. The summed E-state index contributed by atoms with van der Waals surface area (Å²) >= 11 is 0. The van der Waals surface area contributed by atoms with E-state index in [1.165, 1.54) is 13.5 Å². The fourth-order valence-corrected chi connectivity index (χ4v) is 2.85. The maximum atomic E-state index is 11.5. The zero-order valence-corrected chi connectivity index (χ0v) is 9.20. The Labute approximate surface area is 90.1 Å². The van der Waals surface area contributed by atoms with E-state index in [0.29, 0.717) is 0 Å². The quantitative estimate of drug-likeness (QED) is 0.655. The van der Waals surface area contributed by atoms with Crippen molar-refractivity contribution in [3.8, 4) is 0 Å². The van der Waals surface area contributed by atoms with Crippen LogP contribution in [0.15, 0.2) is 0 Å². The molecule has 0 aromatic carbocycles. The minimum atomic E-state index is -0.187. The molecule has 1 saturated heterocycles. The van der Waals surface area contributed by atoms with Crippen LogP contribution in [-0.4, -0.2) is 31.3 Å². The minimum absolute atomic E-state index is 0.101. The molecule has 3 atom stereocenters. The Bertz CT molecular complexity index is 248. The van der Waals surface area contributed by atoms with E-state index in [0.717, 1.165) is 32.3 Å². The Kier molecular flexibility index (Phi) is 2.98. The fraction of sp³-hybridized carbons (Fsp3) is 0.909. The van der Waals surface area contributed by atoms with Crippen molar-refractivity contribution in [2.24, 2.45) is 11.7 Å². The maximum Gasteiger partial charge on any atom is 0.310 e. The van der Waals surface area contributed by atoms with Gasteiger partial charge in [0.25, 0.3) is 0 Å². The number of nitrogens with two attached hydrogens (primary N) is 1. The first-order chi connectivity index (χ1) is 7.17. The van der Waals surface area contributed by atoms with Crippen LogP contribution in [0.3, 0.4) is 0 Å². The number of esters is 1. The highest BCUT2D eigenvalue weighted by Gasteiger charge is 2.48. The second kappa shape index (κ2) is 4.10. The molecule has 2 rings (SSSR count). The van der Waals surface area contributed by atoms with E-state index in [4.69, 9.17) is 15.2 Å². The minimum Gasteiger partial charge on any atom is -0.469 e. The number of methoxy groups -OCH3 is 1. The molecule has 4 heteroatoms. The van der Waals surface area contributed by atoms with Crippen molar-refractivity contribution in [2.45, 2.75) is 43.7 Å². The largest absolute Gasteiger partial charge is 0.469 e. The third kappa shape index (κ3) is 2.01. The molecule has 0 amide bonds. The van der Waals surface area contributed by atoms with E-state index >= 15 is 0 Å². The molecule has 1 saturated carbocycles. The summed E-state index contributed by atoms with van der Waals surface area (Å²) < 4.78 is 10.6. The van der Waals surface area contributed by atoms with Gasteiger partial charge in [0.05, 0.1) is 18.6 Å². The van der Waals surface area contributed by atoms with Crippen LogP contribution in [0.25, 0.3) is 0 Å². The first kappa shape index (κ1) is 10.9. The van der Waals surface area contributed by atoms with E-state index in [1.807, 2.05) is 0 Å². The number of carbonyl (C=O) groups excluding carboxylic acids is 1. The molecule has 3 unspecified atom stereocenters. The van der Waals surface area contributed by atoms with Gasteiger partial charge in [0, 0.05) is 12.6 Å². The van der Waals surface area contributed by atoms with Gasteiger partial charge in [-0.1, -0.05) is 0 Å². The molecule has 2 N–H and O–H groups in total. The Hall–Kier alpha value is -0.610. The van der Waals surface area contributed by atoms with Gasteiger partial charge in [-0.2, -0.15) is 0 Å². The number of hydrogen-bond donors (Lipinski definition) is 1. The van der Waals surface area contributed by atoms with Crippen molar-refractivity contribution in [3.63, 3.8) is 0 Å². The van der Waals surface area contributed by atoms with Crippen LogP contribution in [-0.2, 0) is 14.3 Å². The maximum absolute atomic E-state index is 11.5. The van der Waals surface area contributed by atoms with Crippen LogP contribution in [0.2, 0.25) is 0 Å². The van der Waals surface area contributed by atoms with Crippen molar-refractivity contribution >= 4 is 5.97 Å². The van der Waals surface area contributed by atoms with Gasteiger partial charge in [-0.05, 0) is 32.1 Å². The molecule has 0 aromatic rings. The fourth-order valence-electron chi connectivity index (χ4n) is 2.85. The third-order valence-corrected chi connectivity index (χ3v) is 3.66. The molecule has 1 spiro atoms. The predicted molar refractivity (Wildman–Crippen MR) is 55.2 cm³/mol. The number of rotatable bonds is 1. The summed E-state index contributed by atoms with van der Waals surface area (Å²) in [5.74, 6) is -0.360. The van der Waals surface area contributed by atoms with Gasteiger partial charge in [-0.25, -0.2) is 0 Å². The lowest BCUT2D eigenvalue weighted by atomic mass is 9.91. The zero-order valence-electron chi connectivity index (χ0n) is 9.20. The Morgan fingerprint density at radius 3 is 2.87 bits per heavy atom. The highest BCUT2D eigenvalue weighted by Crippen LogP contribution is 2.42. The van der Waals surface area contributed by atoms with E-state index in [2.05, 4.69) is 0 Å². The van der Waals surface area contributed by atoms with Gasteiger partial charge >= 0.3 is 5.97 Å². The van der Waals surface area contributed by atoms with E-state index in [9.17, 15) is 4.79 Å². The smallest absolute Gasteiger partial charge is 0.310 e. The molecule has 1 aliphatic heterocycles. The predicted octanol–water partition coefficient (Wildman–Crippen LogP) is 0.836.